The molecule has 2 amide bonds. The maximum Gasteiger partial charge on any atom is 0.338 e. The summed E-state index contributed by atoms with van der Waals surface area (Å²) in [6.45, 7) is 1.79. The van der Waals surface area contributed by atoms with Gasteiger partial charge in [0.2, 0.25) is 5.91 Å². The van der Waals surface area contributed by atoms with E-state index in [-0.39, 0.29) is 18.4 Å². The van der Waals surface area contributed by atoms with E-state index in [4.69, 9.17) is 9.47 Å². The third-order valence-corrected chi connectivity index (χ3v) is 3.93. The number of fused-ring (bicyclic) bond motifs is 1. The molecule has 2 heterocycles. The molecule has 23 heavy (non-hydrogen) atoms. The zero-order chi connectivity index (χ0) is 16.2. The van der Waals surface area contributed by atoms with Crippen LogP contribution in [0.1, 0.15) is 22.3 Å². The van der Waals surface area contributed by atoms with Gasteiger partial charge in [-0.2, -0.15) is 0 Å². The summed E-state index contributed by atoms with van der Waals surface area (Å²) in [6, 6.07) is 4.98. The Kier molecular flexibility index (Phi) is 4.57. The molecule has 1 N–H and O–H groups in total. The number of ether oxygens (including phenoxy) is 2. The molecule has 7 nitrogen and oxygen atoms in total. The van der Waals surface area contributed by atoms with Crippen molar-refractivity contribution in [3.8, 4) is 0 Å². The third kappa shape index (κ3) is 3.68. The number of hydrogen-bond donors (Lipinski definition) is 1. The Bertz CT molecular complexity index is 637. The van der Waals surface area contributed by atoms with Crippen LogP contribution in [0, 0.1) is 0 Å². The van der Waals surface area contributed by atoms with E-state index < -0.39 is 5.97 Å². The molecule has 0 radical (unpaired) electrons. The molecule has 0 unspecified atom stereocenters. The van der Waals surface area contributed by atoms with Gasteiger partial charge in [0.25, 0.3) is 5.91 Å². The Morgan fingerprint density at radius 2 is 2.00 bits per heavy atom. The van der Waals surface area contributed by atoms with E-state index in [1.165, 1.54) is 0 Å². The highest BCUT2D eigenvalue weighted by atomic mass is 16.5. The summed E-state index contributed by atoms with van der Waals surface area (Å²) in [6.07, 6.45) is 0.996. The van der Waals surface area contributed by atoms with Crippen molar-refractivity contribution in [2.45, 2.75) is 12.8 Å². The first-order valence-corrected chi connectivity index (χ1v) is 7.59. The number of nitrogens with zero attached hydrogens (tertiary/aromatic N) is 1. The molecule has 3 rings (SSSR count). The molecule has 0 aromatic heterocycles. The van der Waals surface area contributed by atoms with Gasteiger partial charge in [-0.05, 0) is 30.2 Å². The molecular weight excluding hydrogens is 300 g/mol. The number of carbonyl (C=O) groups is 3. The van der Waals surface area contributed by atoms with Crippen LogP contribution in [0.4, 0.5) is 5.69 Å². The van der Waals surface area contributed by atoms with Crippen LogP contribution in [-0.2, 0) is 25.5 Å². The molecule has 0 saturated carbocycles. The van der Waals surface area contributed by atoms with E-state index >= 15 is 0 Å². The largest absolute Gasteiger partial charge is 0.452 e. The summed E-state index contributed by atoms with van der Waals surface area (Å²) < 4.78 is 10.3. The van der Waals surface area contributed by atoms with E-state index in [9.17, 15) is 14.4 Å². The van der Waals surface area contributed by atoms with Crippen molar-refractivity contribution in [2.24, 2.45) is 0 Å². The van der Waals surface area contributed by atoms with Gasteiger partial charge in [0, 0.05) is 25.2 Å². The molecule has 122 valence electrons. The number of benzene rings is 1. The van der Waals surface area contributed by atoms with Crippen molar-refractivity contribution >= 4 is 23.5 Å². The van der Waals surface area contributed by atoms with Crippen LogP contribution in [0.25, 0.3) is 0 Å². The molecule has 0 spiro atoms. The predicted molar refractivity (Wildman–Crippen MR) is 81.1 cm³/mol. The Labute approximate surface area is 133 Å². The number of rotatable bonds is 3. The van der Waals surface area contributed by atoms with E-state index in [0.29, 0.717) is 44.7 Å². The fourth-order valence-corrected chi connectivity index (χ4v) is 2.63. The molecule has 7 heteroatoms. The van der Waals surface area contributed by atoms with Crippen LogP contribution in [-0.4, -0.2) is 55.6 Å². The molecule has 0 atom stereocenters. The van der Waals surface area contributed by atoms with Crippen molar-refractivity contribution in [1.82, 2.24) is 4.90 Å². The van der Waals surface area contributed by atoms with Gasteiger partial charge in [0.15, 0.2) is 6.61 Å². The monoisotopic (exact) mass is 318 g/mol. The second kappa shape index (κ2) is 6.78. The summed E-state index contributed by atoms with van der Waals surface area (Å²) in [5, 5.41) is 2.76. The Morgan fingerprint density at radius 3 is 2.78 bits per heavy atom. The fraction of sp³-hybridized carbons (Fsp3) is 0.438. The number of carbonyl (C=O) groups excluding carboxylic acids is 3. The standard InChI is InChI=1S/C16H18N2O5/c19-14-4-2-11-9-12(1-3-13(11)17-14)16(21)23-10-15(20)18-5-7-22-8-6-18/h1,3,9H,2,4-8,10H2,(H,17,19). The minimum Gasteiger partial charge on any atom is -0.452 e. The lowest BCUT2D eigenvalue weighted by atomic mass is 10.0. The summed E-state index contributed by atoms with van der Waals surface area (Å²) in [4.78, 5) is 37.0. The summed E-state index contributed by atoms with van der Waals surface area (Å²) >= 11 is 0. The van der Waals surface area contributed by atoms with Crippen molar-refractivity contribution in [3.63, 3.8) is 0 Å². The first-order chi connectivity index (χ1) is 11.1. The van der Waals surface area contributed by atoms with Crippen LogP contribution in [0.3, 0.4) is 0 Å². The molecule has 1 saturated heterocycles. The Balaban J connectivity index is 1.58. The molecular formula is C16H18N2O5. The molecule has 1 fully saturated rings. The summed E-state index contributed by atoms with van der Waals surface area (Å²) in [7, 11) is 0. The second-order valence-electron chi connectivity index (χ2n) is 5.49. The highest BCUT2D eigenvalue weighted by Crippen LogP contribution is 2.23. The maximum absolute atomic E-state index is 12.1. The second-order valence-corrected chi connectivity index (χ2v) is 5.49. The average Bonchev–Trinajstić information content (AvgIpc) is 2.59. The number of amides is 2. The van der Waals surface area contributed by atoms with Gasteiger partial charge in [-0.15, -0.1) is 0 Å². The molecule has 1 aromatic carbocycles. The van der Waals surface area contributed by atoms with E-state index in [1.54, 1.807) is 23.1 Å². The molecule has 2 aliphatic rings. The van der Waals surface area contributed by atoms with Gasteiger partial charge in [0.05, 0.1) is 18.8 Å². The quantitative estimate of drug-likeness (QED) is 0.824. The van der Waals surface area contributed by atoms with E-state index in [0.717, 1.165) is 11.3 Å². The lowest BCUT2D eigenvalue weighted by molar-refractivity contribution is -0.138. The van der Waals surface area contributed by atoms with Crippen LogP contribution < -0.4 is 5.32 Å². The average molecular weight is 318 g/mol. The zero-order valence-corrected chi connectivity index (χ0v) is 12.7. The van der Waals surface area contributed by atoms with Crippen LogP contribution in [0.2, 0.25) is 0 Å². The fourth-order valence-electron chi connectivity index (χ4n) is 2.63. The lowest BCUT2D eigenvalue weighted by Gasteiger charge is -2.26. The first-order valence-electron chi connectivity index (χ1n) is 7.59. The highest BCUT2D eigenvalue weighted by Gasteiger charge is 2.20. The van der Waals surface area contributed by atoms with Crippen LogP contribution in [0.5, 0.6) is 0 Å². The van der Waals surface area contributed by atoms with E-state index in [1.807, 2.05) is 0 Å². The number of hydrogen-bond acceptors (Lipinski definition) is 5. The lowest BCUT2D eigenvalue weighted by Crippen LogP contribution is -2.42. The molecule has 0 aliphatic carbocycles. The smallest absolute Gasteiger partial charge is 0.338 e. The predicted octanol–water partition coefficient (Wildman–Crippen LogP) is 0.587. The summed E-state index contributed by atoms with van der Waals surface area (Å²) in [5.41, 5.74) is 2.01. The van der Waals surface area contributed by atoms with Crippen molar-refractivity contribution in [3.05, 3.63) is 29.3 Å². The highest BCUT2D eigenvalue weighted by molar-refractivity contribution is 5.96. The van der Waals surface area contributed by atoms with Gasteiger partial charge in [-0.1, -0.05) is 0 Å². The maximum atomic E-state index is 12.1. The van der Waals surface area contributed by atoms with E-state index in [2.05, 4.69) is 5.32 Å². The molecule has 1 aromatic rings. The summed E-state index contributed by atoms with van der Waals surface area (Å²) in [5.74, 6) is -0.776. The normalized spacial score (nSPS) is 17.2. The minimum absolute atomic E-state index is 0.0241. The minimum atomic E-state index is -0.536. The van der Waals surface area contributed by atoms with Gasteiger partial charge in [-0.3, -0.25) is 9.59 Å². The van der Waals surface area contributed by atoms with Crippen molar-refractivity contribution in [1.29, 1.82) is 0 Å². The van der Waals surface area contributed by atoms with Crippen molar-refractivity contribution in [2.75, 3.05) is 38.2 Å². The van der Waals surface area contributed by atoms with Gasteiger partial charge in [0.1, 0.15) is 0 Å². The van der Waals surface area contributed by atoms with Gasteiger partial charge < -0.3 is 19.7 Å². The number of nitrogens with one attached hydrogen (secondary N) is 1. The number of morpholine rings is 1. The first kappa shape index (κ1) is 15.5. The van der Waals surface area contributed by atoms with Crippen LogP contribution >= 0.6 is 0 Å². The number of esters is 1. The van der Waals surface area contributed by atoms with Gasteiger partial charge >= 0.3 is 5.97 Å². The number of anilines is 1. The molecule has 0 bridgehead atoms. The Hall–Kier alpha value is -2.41. The Morgan fingerprint density at radius 1 is 1.22 bits per heavy atom. The number of aryl methyl sites for hydroxylation is 1. The topological polar surface area (TPSA) is 84.9 Å². The SMILES string of the molecule is O=C1CCc2cc(C(=O)OCC(=O)N3CCOCC3)ccc2N1. The zero-order valence-electron chi connectivity index (χ0n) is 12.7. The molecule has 2 aliphatic heterocycles. The third-order valence-electron chi connectivity index (χ3n) is 3.93. The van der Waals surface area contributed by atoms with Crippen molar-refractivity contribution < 1.29 is 23.9 Å². The van der Waals surface area contributed by atoms with Crippen LogP contribution in [0.15, 0.2) is 18.2 Å². The van der Waals surface area contributed by atoms with Gasteiger partial charge in [-0.25, -0.2) is 4.79 Å².